The Morgan fingerprint density at radius 2 is 1.87 bits per heavy atom. The van der Waals surface area contributed by atoms with Crippen molar-refractivity contribution in [2.75, 3.05) is 39.3 Å². The molecule has 11 nitrogen and oxygen atoms in total. The number of nitrogens with one attached hydrogen (secondary N) is 2. The average molecular weight is 739 g/mol. The fourth-order valence-electron chi connectivity index (χ4n) is 6.94. The van der Waals surface area contributed by atoms with Crippen LogP contribution in [0.3, 0.4) is 0 Å². The van der Waals surface area contributed by atoms with E-state index < -0.39 is 54.7 Å². The quantitative estimate of drug-likeness (QED) is 0.154. The van der Waals surface area contributed by atoms with Crippen LogP contribution in [0.4, 0.5) is 17.6 Å². The first kappa shape index (κ1) is 37.9. The highest BCUT2D eigenvalue weighted by Gasteiger charge is 2.37. The summed E-state index contributed by atoms with van der Waals surface area (Å²) in [7, 11) is 0. The van der Waals surface area contributed by atoms with Gasteiger partial charge in [-0.3, -0.25) is 24.4 Å². The number of hydrogen-bond acceptors (Lipinski definition) is 8. The maximum absolute atomic E-state index is 13.9. The Bertz CT molecular complexity index is 1840. The van der Waals surface area contributed by atoms with E-state index >= 15 is 0 Å². The molecule has 4 heterocycles. The lowest BCUT2D eigenvalue weighted by Crippen LogP contribution is -2.60. The molecule has 2 aromatic heterocycles. The van der Waals surface area contributed by atoms with Crippen LogP contribution in [-0.4, -0.2) is 105 Å². The van der Waals surface area contributed by atoms with Crippen molar-refractivity contribution in [3.63, 3.8) is 0 Å². The van der Waals surface area contributed by atoms with Crippen LogP contribution in [0.5, 0.6) is 5.75 Å². The summed E-state index contributed by atoms with van der Waals surface area (Å²) in [5.41, 5.74) is 2.86. The molecule has 4 aromatic rings. The number of amides is 2. The molecule has 2 aliphatic rings. The Morgan fingerprint density at radius 3 is 2.64 bits per heavy atom. The molecular weight excluding hydrogens is 696 g/mol. The van der Waals surface area contributed by atoms with Crippen molar-refractivity contribution in [1.29, 1.82) is 0 Å². The summed E-state index contributed by atoms with van der Waals surface area (Å²) in [6, 6.07) is 16.8. The Balaban J connectivity index is 1.15. The van der Waals surface area contributed by atoms with Crippen molar-refractivity contribution in [3.05, 3.63) is 114 Å². The Kier molecular flexibility index (Phi) is 12.1. The van der Waals surface area contributed by atoms with E-state index in [1.165, 1.54) is 12.1 Å². The van der Waals surface area contributed by atoms with Crippen molar-refractivity contribution < 1.29 is 42.1 Å². The molecule has 0 unspecified atom stereocenters. The average Bonchev–Trinajstić information content (AvgIpc) is 3.61. The molecule has 2 aromatic carbocycles. The van der Waals surface area contributed by atoms with Crippen LogP contribution in [0.15, 0.2) is 91.5 Å². The fraction of sp³-hybridized carbons (Fsp3) is 0.395. The van der Waals surface area contributed by atoms with Crippen molar-refractivity contribution in [3.8, 4) is 11.4 Å². The summed E-state index contributed by atoms with van der Waals surface area (Å²) in [6.07, 6.45) is 0.259. The largest absolute Gasteiger partial charge is 0.490 e. The second-order valence-electron chi connectivity index (χ2n) is 13.5. The second kappa shape index (κ2) is 16.9. The number of carbonyl (C=O) groups is 2. The molecule has 53 heavy (non-hydrogen) atoms. The fourth-order valence-corrected chi connectivity index (χ4v) is 6.94. The van der Waals surface area contributed by atoms with Crippen LogP contribution in [0, 0.1) is 11.7 Å². The molecule has 282 valence electrons. The third kappa shape index (κ3) is 10.2. The predicted octanol–water partition coefficient (Wildman–Crippen LogP) is 3.40. The number of ether oxygens (including phenoxy) is 1. The van der Waals surface area contributed by atoms with Gasteiger partial charge in [0, 0.05) is 74.7 Å². The number of hydrogen-bond donors (Lipinski definition) is 4. The summed E-state index contributed by atoms with van der Waals surface area (Å²) >= 11 is 0. The topological polar surface area (TPSA) is 132 Å². The molecule has 0 radical (unpaired) electrons. The van der Waals surface area contributed by atoms with E-state index in [-0.39, 0.29) is 44.9 Å². The SMILES string of the molecule is O=C(N[C@H]1c2ccccc2OC[C@H]1O)[C@H](Cc1cccnc1)C[C@H](O)CN1CCN(Cc2ccn(-c3cccc(F)c3)c2)C[C@H]1C(=O)NCC(F)(F)F. The minimum atomic E-state index is -4.61. The van der Waals surface area contributed by atoms with Crippen molar-refractivity contribution in [2.45, 2.75) is 49.9 Å². The van der Waals surface area contributed by atoms with Gasteiger partial charge in [-0.25, -0.2) is 4.39 Å². The molecule has 4 N–H and O–H groups in total. The Morgan fingerprint density at radius 1 is 1.04 bits per heavy atom. The van der Waals surface area contributed by atoms with E-state index in [0.29, 0.717) is 30.1 Å². The van der Waals surface area contributed by atoms with Gasteiger partial charge in [0.05, 0.1) is 12.1 Å². The third-order valence-electron chi connectivity index (χ3n) is 9.53. The molecule has 1 fully saturated rings. The molecule has 15 heteroatoms. The summed E-state index contributed by atoms with van der Waals surface area (Å²) in [6.45, 7) is -0.409. The number of aliphatic hydroxyl groups is 2. The van der Waals surface area contributed by atoms with E-state index in [0.717, 1.165) is 11.1 Å². The molecule has 2 aliphatic heterocycles. The first-order chi connectivity index (χ1) is 25.4. The molecule has 5 atom stereocenters. The summed E-state index contributed by atoms with van der Waals surface area (Å²) in [5.74, 6) is -1.85. The van der Waals surface area contributed by atoms with E-state index in [4.69, 9.17) is 4.74 Å². The first-order valence-corrected chi connectivity index (χ1v) is 17.4. The smallest absolute Gasteiger partial charge is 0.405 e. The maximum atomic E-state index is 13.9. The standard InChI is InChI=1S/C38H42F4N6O5/c39-28-6-3-7-29(17-28)47-12-10-26(20-47)19-46-13-14-48(32(22-46)37(52)44-24-38(40,41)42)21-30(49)16-27(15-25-5-4-11-43-18-25)36(51)45-35-31-8-1-2-9-34(31)53-23-33(35)50/h1-12,17-18,20,27,30,32-33,35,49-50H,13-16,19,21-24H2,(H,44,52)(H,45,51)/t27-,30+,32+,33-,35+/m1/s1. The highest BCUT2D eigenvalue weighted by Crippen LogP contribution is 2.32. The van der Waals surface area contributed by atoms with Gasteiger partial charge in [-0.2, -0.15) is 13.2 Å². The molecule has 2 amide bonds. The van der Waals surface area contributed by atoms with E-state index in [9.17, 15) is 37.4 Å². The molecule has 1 saturated heterocycles. The van der Waals surface area contributed by atoms with Crippen molar-refractivity contribution in [1.82, 2.24) is 30.0 Å². The Labute approximate surface area is 304 Å². The van der Waals surface area contributed by atoms with Gasteiger partial charge in [-0.15, -0.1) is 0 Å². The lowest BCUT2D eigenvalue weighted by Gasteiger charge is -2.41. The predicted molar refractivity (Wildman–Crippen MR) is 186 cm³/mol. The molecular formula is C38H42F4N6O5. The second-order valence-corrected chi connectivity index (χ2v) is 13.5. The number of aliphatic hydroxyl groups excluding tert-OH is 2. The summed E-state index contributed by atoms with van der Waals surface area (Å²) < 4.78 is 60.5. The van der Waals surface area contributed by atoms with Crippen LogP contribution < -0.4 is 15.4 Å². The van der Waals surface area contributed by atoms with Gasteiger partial charge in [-0.05, 0) is 60.4 Å². The van der Waals surface area contributed by atoms with Crippen LogP contribution in [-0.2, 0) is 22.6 Å². The van der Waals surface area contributed by atoms with Crippen LogP contribution >= 0.6 is 0 Å². The number of rotatable bonds is 13. The van der Waals surface area contributed by atoms with Crippen molar-refractivity contribution >= 4 is 11.8 Å². The normalized spacial score (nSPS) is 20.5. The van der Waals surface area contributed by atoms with E-state index in [1.807, 2.05) is 28.5 Å². The highest BCUT2D eigenvalue weighted by atomic mass is 19.4. The van der Waals surface area contributed by atoms with Gasteiger partial charge >= 0.3 is 6.18 Å². The van der Waals surface area contributed by atoms with Gasteiger partial charge in [-0.1, -0.05) is 30.3 Å². The monoisotopic (exact) mass is 738 g/mol. The van der Waals surface area contributed by atoms with Gasteiger partial charge < -0.3 is 30.2 Å². The molecule has 0 bridgehead atoms. The van der Waals surface area contributed by atoms with Gasteiger partial charge in [0.25, 0.3) is 0 Å². The number of pyridine rings is 1. The molecule has 0 saturated carbocycles. The highest BCUT2D eigenvalue weighted by molar-refractivity contribution is 5.82. The lowest BCUT2D eigenvalue weighted by molar-refractivity contribution is -0.143. The van der Waals surface area contributed by atoms with Gasteiger partial charge in [0.15, 0.2) is 0 Å². The zero-order chi connectivity index (χ0) is 37.5. The number of para-hydroxylation sites is 1. The number of piperazine rings is 1. The van der Waals surface area contributed by atoms with Gasteiger partial charge in [0.2, 0.25) is 11.8 Å². The van der Waals surface area contributed by atoms with Crippen LogP contribution in [0.1, 0.15) is 29.2 Å². The number of alkyl halides is 3. The van der Waals surface area contributed by atoms with E-state index in [2.05, 4.69) is 10.3 Å². The first-order valence-electron chi connectivity index (χ1n) is 17.4. The minimum Gasteiger partial charge on any atom is -0.490 e. The number of fused-ring (bicyclic) bond motifs is 1. The molecule has 0 aliphatic carbocycles. The summed E-state index contributed by atoms with van der Waals surface area (Å²) in [5, 5.41) is 27.1. The number of halogens is 4. The number of nitrogens with zero attached hydrogens (tertiary/aromatic N) is 4. The number of benzene rings is 2. The van der Waals surface area contributed by atoms with Crippen LogP contribution in [0.2, 0.25) is 0 Å². The molecule has 6 rings (SSSR count). The van der Waals surface area contributed by atoms with Gasteiger partial charge in [0.1, 0.15) is 36.9 Å². The minimum absolute atomic E-state index is 0.0134. The number of β-amino-alcohol motifs (C(OH)–C–C–N with tert-alkyl or cyclic N) is 1. The van der Waals surface area contributed by atoms with E-state index in [1.54, 1.807) is 70.5 Å². The summed E-state index contributed by atoms with van der Waals surface area (Å²) in [4.78, 5) is 34.9. The zero-order valence-electron chi connectivity index (χ0n) is 28.8. The lowest BCUT2D eigenvalue weighted by atomic mass is 9.91. The zero-order valence-corrected chi connectivity index (χ0v) is 28.8. The Hall–Kier alpha value is -4.83. The third-order valence-corrected chi connectivity index (χ3v) is 9.53. The maximum Gasteiger partial charge on any atom is 0.405 e. The molecule has 0 spiro atoms. The van der Waals surface area contributed by atoms with Crippen LogP contribution in [0.25, 0.3) is 5.69 Å². The number of carbonyl (C=O) groups excluding carboxylic acids is 2. The van der Waals surface area contributed by atoms with Crippen molar-refractivity contribution in [2.24, 2.45) is 5.92 Å². The number of aromatic nitrogens is 2.